The molecule has 146 valence electrons. The van der Waals surface area contributed by atoms with Crippen LogP contribution in [0.25, 0.3) is 0 Å². The van der Waals surface area contributed by atoms with Gasteiger partial charge in [0.25, 0.3) is 5.91 Å². The van der Waals surface area contributed by atoms with Crippen molar-refractivity contribution in [3.8, 4) is 0 Å². The number of rotatable bonds is 6. The fraction of sp³-hybridized carbons (Fsp3) is 0.500. The van der Waals surface area contributed by atoms with Gasteiger partial charge in [-0.25, -0.2) is 9.99 Å². The van der Waals surface area contributed by atoms with Gasteiger partial charge in [0, 0.05) is 43.4 Å². The monoisotopic (exact) mass is 387 g/mol. The Hall–Kier alpha value is -2.12. The van der Waals surface area contributed by atoms with Crippen LogP contribution in [0, 0.1) is 13.8 Å². The lowest BCUT2D eigenvalue weighted by atomic mass is 10.1. The van der Waals surface area contributed by atoms with Crippen LogP contribution in [0.1, 0.15) is 46.6 Å². The Kier molecular flexibility index (Phi) is 6.01. The topological polar surface area (TPSA) is 60.5 Å². The first-order chi connectivity index (χ1) is 12.8. The highest BCUT2D eigenvalue weighted by Gasteiger charge is 2.24. The zero-order valence-electron chi connectivity index (χ0n) is 16.8. The molecule has 1 aliphatic carbocycles. The fourth-order valence-corrected chi connectivity index (χ4v) is 4.34. The normalized spacial score (nSPS) is 14.6. The molecule has 0 saturated heterocycles. The summed E-state index contributed by atoms with van der Waals surface area (Å²) in [5, 5.41) is 5.50. The standard InChI is InChI=1S/C20H29N5OS/c1-13-14(2)27-20(21-13)22-19(26)17-12-15(23-24(3)4)10-11-18(17)25(5)16-8-6-7-9-16/h10-12,16,23H,6-9H2,1-5H3,(H,21,22,26). The maximum Gasteiger partial charge on any atom is 0.259 e. The van der Waals surface area contributed by atoms with Gasteiger partial charge in [0.2, 0.25) is 0 Å². The molecule has 1 amide bonds. The number of aryl methyl sites for hydroxylation is 2. The molecule has 0 spiro atoms. The van der Waals surface area contributed by atoms with Gasteiger partial charge in [0.05, 0.1) is 11.3 Å². The maximum absolute atomic E-state index is 13.1. The van der Waals surface area contributed by atoms with Crippen LogP contribution < -0.4 is 15.6 Å². The van der Waals surface area contributed by atoms with Gasteiger partial charge in [-0.05, 0) is 44.9 Å². The van der Waals surface area contributed by atoms with Crippen LogP contribution in [-0.2, 0) is 0 Å². The highest BCUT2D eigenvalue weighted by molar-refractivity contribution is 7.15. The van der Waals surface area contributed by atoms with E-state index in [0.717, 1.165) is 21.9 Å². The summed E-state index contributed by atoms with van der Waals surface area (Å²) < 4.78 is 0. The molecular weight excluding hydrogens is 358 g/mol. The number of nitrogens with one attached hydrogen (secondary N) is 2. The van der Waals surface area contributed by atoms with Crippen molar-refractivity contribution in [1.29, 1.82) is 0 Å². The molecule has 6 nitrogen and oxygen atoms in total. The molecule has 0 atom stereocenters. The number of hydrogen-bond acceptors (Lipinski definition) is 6. The lowest BCUT2D eigenvalue weighted by molar-refractivity contribution is 0.102. The third kappa shape index (κ3) is 4.59. The highest BCUT2D eigenvalue weighted by atomic mass is 32.1. The van der Waals surface area contributed by atoms with Crippen LogP contribution in [0.5, 0.6) is 0 Å². The quantitative estimate of drug-likeness (QED) is 0.725. The first-order valence-electron chi connectivity index (χ1n) is 9.41. The molecule has 2 aromatic rings. The van der Waals surface area contributed by atoms with E-state index in [1.54, 1.807) is 0 Å². The Morgan fingerprint density at radius 1 is 1.19 bits per heavy atom. The van der Waals surface area contributed by atoms with E-state index in [1.807, 2.05) is 51.2 Å². The number of carbonyl (C=O) groups excluding carboxylic acids is 1. The predicted octanol–water partition coefficient (Wildman–Crippen LogP) is 4.28. The number of hydrazine groups is 1. The molecule has 1 fully saturated rings. The Balaban J connectivity index is 1.91. The predicted molar refractivity (Wildman–Crippen MR) is 114 cm³/mol. The number of benzene rings is 1. The number of carbonyl (C=O) groups is 1. The molecular formula is C20H29N5OS. The minimum absolute atomic E-state index is 0.119. The number of hydrogen-bond donors (Lipinski definition) is 2. The maximum atomic E-state index is 13.1. The van der Waals surface area contributed by atoms with E-state index in [-0.39, 0.29) is 5.91 Å². The molecule has 27 heavy (non-hydrogen) atoms. The van der Waals surface area contributed by atoms with Crippen LogP contribution in [0.4, 0.5) is 16.5 Å². The number of nitrogens with zero attached hydrogens (tertiary/aromatic N) is 3. The van der Waals surface area contributed by atoms with E-state index in [2.05, 4.69) is 27.7 Å². The molecule has 1 heterocycles. The van der Waals surface area contributed by atoms with Gasteiger partial charge in [-0.15, -0.1) is 11.3 Å². The number of aromatic nitrogens is 1. The van der Waals surface area contributed by atoms with Gasteiger partial charge < -0.3 is 10.3 Å². The first-order valence-corrected chi connectivity index (χ1v) is 10.2. The minimum atomic E-state index is -0.119. The lowest BCUT2D eigenvalue weighted by Gasteiger charge is -2.29. The first kappa shape index (κ1) is 19.6. The summed E-state index contributed by atoms with van der Waals surface area (Å²) in [4.78, 5) is 20.9. The van der Waals surface area contributed by atoms with Crippen molar-refractivity contribution >= 4 is 33.8 Å². The summed E-state index contributed by atoms with van der Waals surface area (Å²) in [5.41, 5.74) is 6.72. The SMILES string of the molecule is Cc1nc(NC(=O)c2cc(NN(C)C)ccc2N(C)C2CCCC2)sc1C. The van der Waals surface area contributed by atoms with Crippen molar-refractivity contribution in [3.05, 3.63) is 34.3 Å². The van der Waals surface area contributed by atoms with Crippen molar-refractivity contribution in [2.45, 2.75) is 45.6 Å². The second-order valence-electron chi connectivity index (χ2n) is 7.40. The molecule has 0 aliphatic heterocycles. The molecule has 2 N–H and O–H groups in total. The van der Waals surface area contributed by atoms with Crippen molar-refractivity contribution in [1.82, 2.24) is 9.99 Å². The van der Waals surface area contributed by atoms with E-state index in [9.17, 15) is 4.79 Å². The van der Waals surface area contributed by atoms with E-state index in [0.29, 0.717) is 16.7 Å². The molecule has 1 saturated carbocycles. The molecule has 0 bridgehead atoms. The van der Waals surface area contributed by atoms with Crippen LogP contribution >= 0.6 is 11.3 Å². The summed E-state index contributed by atoms with van der Waals surface area (Å²) in [5.74, 6) is -0.119. The van der Waals surface area contributed by atoms with Crippen molar-refractivity contribution in [2.24, 2.45) is 0 Å². The fourth-order valence-electron chi connectivity index (χ4n) is 3.53. The second-order valence-corrected chi connectivity index (χ2v) is 8.61. The molecule has 0 radical (unpaired) electrons. The zero-order valence-corrected chi connectivity index (χ0v) is 17.6. The average molecular weight is 388 g/mol. The van der Waals surface area contributed by atoms with Gasteiger partial charge in [-0.1, -0.05) is 12.8 Å². The van der Waals surface area contributed by atoms with E-state index < -0.39 is 0 Å². The Labute approximate surface area is 165 Å². The van der Waals surface area contributed by atoms with Gasteiger partial charge in [-0.2, -0.15) is 0 Å². The number of thiazole rings is 1. The van der Waals surface area contributed by atoms with Crippen LogP contribution in [0.3, 0.4) is 0 Å². The van der Waals surface area contributed by atoms with Gasteiger partial charge in [0.1, 0.15) is 0 Å². The van der Waals surface area contributed by atoms with E-state index in [4.69, 9.17) is 0 Å². The zero-order chi connectivity index (χ0) is 19.6. The lowest BCUT2D eigenvalue weighted by Crippen LogP contribution is -2.31. The van der Waals surface area contributed by atoms with E-state index in [1.165, 1.54) is 37.0 Å². The molecule has 7 heteroatoms. The smallest absolute Gasteiger partial charge is 0.259 e. The average Bonchev–Trinajstić information content (AvgIpc) is 3.24. The highest BCUT2D eigenvalue weighted by Crippen LogP contribution is 2.32. The van der Waals surface area contributed by atoms with Crippen LogP contribution in [0.15, 0.2) is 18.2 Å². The molecule has 1 aliphatic rings. The third-order valence-electron chi connectivity index (χ3n) is 5.10. The van der Waals surface area contributed by atoms with Gasteiger partial charge >= 0.3 is 0 Å². The summed E-state index contributed by atoms with van der Waals surface area (Å²) in [7, 11) is 5.96. The van der Waals surface area contributed by atoms with Crippen molar-refractivity contribution < 1.29 is 4.79 Å². The van der Waals surface area contributed by atoms with Crippen LogP contribution in [0.2, 0.25) is 0 Å². The van der Waals surface area contributed by atoms with Crippen LogP contribution in [-0.4, -0.2) is 43.1 Å². The van der Waals surface area contributed by atoms with Gasteiger partial charge in [0.15, 0.2) is 5.13 Å². The third-order valence-corrected chi connectivity index (χ3v) is 6.08. The Morgan fingerprint density at radius 3 is 2.48 bits per heavy atom. The minimum Gasteiger partial charge on any atom is -0.371 e. The Morgan fingerprint density at radius 2 is 1.89 bits per heavy atom. The summed E-state index contributed by atoms with van der Waals surface area (Å²) in [6.45, 7) is 3.98. The molecule has 3 rings (SSSR count). The van der Waals surface area contributed by atoms with Crippen molar-refractivity contribution in [3.63, 3.8) is 0 Å². The summed E-state index contributed by atoms with van der Waals surface area (Å²) in [6.07, 6.45) is 4.88. The number of anilines is 3. The summed E-state index contributed by atoms with van der Waals surface area (Å²) >= 11 is 1.51. The molecule has 1 aromatic carbocycles. The molecule has 1 aromatic heterocycles. The van der Waals surface area contributed by atoms with Gasteiger partial charge in [-0.3, -0.25) is 10.1 Å². The van der Waals surface area contributed by atoms with Crippen molar-refractivity contribution in [2.75, 3.05) is 36.8 Å². The second kappa shape index (κ2) is 8.27. The largest absolute Gasteiger partial charge is 0.371 e. The molecule has 0 unspecified atom stereocenters. The number of amides is 1. The van der Waals surface area contributed by atoms with E-state index >= 15 is 0 Å². The summed E-state index contributed by atoms with van der Waals surface area (Å²) in [6, 6.07) is 6.48. The Bertz CT molecular complexity index is 791.